The third-order valence-electron chi connectivity index (χ3n) is 2.34. The van der Waals surface area contributed by atoms with E-state index in [-0.39, 0.29) is 16.9 Å². The van der Waals surface area contributed by atoms with E-state index in [9.17, 15) is 9.59 Å². The number of hydrogen-bond acceptors (Lipinski definition) is 4. The molecule has 1 aliphatic rings. The number of carbonyl (C=O) groups is 2. The van der Waals surface area contributed by atoms with E-state index in [0.717, 1.165) is 5.56 Å². The second-order valence-corrected chi connectivity index (χ2v) is 4.81. The maximum absolute atomic E-state index is 11.7. The molecule has 1 aromatic rings. The lowest BCUT2D eigenvalue weighted by molar-refractivity contribution is -0.123. The minimum absolute atomic E-state index is 0.0558. The van der Waals surface area contributed by atoms with Crippen molar-refractivity contribution < 1.29 is 9.59 Å². The van der Waals surface area contributed by atoms with Crippen LogP contribution in [-0.2, 0) is 16.1 Å². The van der Waals surface area contributed by atoms with E-state index < -0.39 is 0 Å². The van der Waals surface area contributed by atoms with Gasteiger partial charge < -0.3 is 5.32 Å². The first-order valence-corrected chi connectivity index (χ1v) is 6.10. The molecule has 1 amide bonds. The Morgan fingerprint density at radius 3 is 3.12 bits per heavy atom. The highest BCUT2D eigenvalue weighted by atomic mass is 32.2. The number of ketones is 1. The largest absolute Gasteiger partial charge is 0.351 e. The molecule has 4 nitrogen and oxygen atoms in total. The van der Waals surface area contributed by atoms with E-state index in [1.165, 1.54) is 11.8 Å². The normalized spacial score (nSPS) is 19.8. The van der Waals surface area contributed by atoms with Gasteiger partial charge in [0, 0.05) is 25.4 Å². The molecule has 1 aliphatic heterocycles. The first kappa shape index (κ1) is 11.1. The Morgan fingerprint density at radius 1 is 1.62 bits per heavy atom. The molecule has 0 spiro atoms. The van der Waals surface area contributed by atoms with Crippen molar-refractivity contribution in [1.29, 1.82) is 0 Å². The number of hydrogen-bond donors (Lipinski definition) is 1. The van der Waals surface area contributed by atoms with Gasteiger partial charge in [-0.05, 0) is 11.6 Å². The van der Waals surface area contributed by atoms with Crippen LogP contribution < -0.4 is 5.32 Å². The lowest BCUT2D eigenvalue weighted by atomic mass is 10.2. The summed E-state index contributed by atoms with van der Waals surface area (Å²) in [7, 11) is 0. The zero-order chi connectivity index (χ0) is 11.4. The second-order valence-electron chi connectivity index (χ2n) is 3.62. The molecule has 1 unspecified atom stereocenters. The molecular weight excluding hydrogens is 224 g/mol. The first-order valence-electron chi connectivity index (χ1n) is 5.05. The minimum Gasteiger partial charge on any atom is -0.351 e. The third kappa shape index (κ3) is 2.82. The van der Waals surface area contributed by atoms with Gasteiger partial charge in [-0.15, -0.1) is 11.8 Å². The molecule has 1 atom stereocenters. The molecule has 0 radical (unpaired) electrons. The summed E-state index contributed by atoms with van der Waals surface area (Å²) >= 11 is 1.42. The molecule has 84 valence electrons. The molecule has 0 saturated carbocycles. The molecule has 0 bridgehead atoms. The molecule has 2 heterocycles. The molecule has 2 rings (SSSR count). The standard InChI is InChI=1S/C11H12N2O2S/c14-9-4-10(16-7-9)11(15)13-6-8-2-1-3-12-5-8/h1-3,5,10H,4,6-7H2,(H,13,15). The molecule has 5 heteroatoms. The number of pyridine rings is 1. The van der Waals surface area contributed by atoms with Crippen LogP contribution in [-0.4, -0.2) is 27.7 Å². The van der Waals surface area contributed by atoms with Crippen LogP contribution in [0.4, 0.5) is 0 Å². The third-order valence-corrected chi connectivity index (χ3v) is 3.61. The van der Waals surface area contributed by atoms with Gasteiger partial charge in [0.15, 0.2) is 0 Å². The van der Waals surface area contributed by atoms with E-state index >= 15 is 0 Å². The summed E-state index contributed by atoms with van der Waals surface area (Å²) in [4.78, 5) is 26.6. The number of rotatable bonds is 3. The number of Topliss-reactive ketones (excluding diaryl/α,β-unsaturated/α-hetero) is 1. The van der Waals surface area contributed by atoms with Gasteiger partial charge in [0.2, 0.25) is 5.91 Å². The van der Waals surface area contributed by atoms with Crippen molar-refractivity contribution in [1.82, 2.24) is 10.3 Å². The number of nitrogens with zero attached hydrogens (tertiary/aromatic N) is 1. The van der Waals surface area contributed by atoms with Crippen LogP contribution in [0.3, 0.4) is 0 Å². The van der Waals surface area contributed by atoms with Crippen molar-refractivity contribution in [3.05, 3.63) is 30.1 Å². The van der Waals surface area contributed by atoms with E-state index in [2.05, 4.69) is 10.3 Å². The topological polar surface area (TPSA) is 59.1 Å². The number of thioether (sulfide) groups is 1. The summed E-state index contributed by atoms with van der Waals surface area (Å²) in [6.07, 6.45) is 3.77. The fraction of sp³-hybridized carbons (Fsp3) is 0.364. The van der Waals surface area contributed by atoms with Gasteiger partial charge in [0.25, 0.3) is 0 Å². The summed E-state index contributed by atoms with van der Waals surface area (Å²) < 4.78 is 0. The maximum Gasteiger partial charge on any atom is 0.233 e. The molecular formula is C11H12N2O2S. The predicted molar refractivity (Wildman–Crippen MR) is 62.0 cm³/mol. The SMILES string of the molecule is O=C1CSC(C(=O)NCc2cccnc2)C1. The zero-order valence-corrected chi connectivity index (χ0v) is 9.50. The summed E-state index contributed by atoms with van der Waals surface area (Å²) in [5.74, 6) is 0.566. The molecule has 1 saturated heterocycles. The van der Waals surface area contributed by atoms with Crippen LogP contribution >= 0.6 is 11.8 Å². The van der Waals surface area contributed by atoms with Crippen molar-refractivity contribution >= 4 is 23.5 Å². The summed E-state index contributed by atoms with van der Waals surface area (Å²) in [5.41, 5.74) is 0.963. The molecule has 16 heavy (non-hydrogen) atoms. The maximum atomic E-state index is 11.7. The molecule has 1 fully saturated rings. The van der Waals surface area contributed by atoms with Crippen molar-refractivity contribution in [3.8, 4) is 0 Å². The summed E-state index contributed by atoms with van der Waals surface area (Å²) in [6.45, 7) is 0.470. The number of carbonyl (C=O) groups excluding carboxylic acids is 2. The van der Waals surface area contributed by atoms with Crippen LogP contribution in [0.25, 0.3) is 0 Å². The van der Waals surface area contributed by atoms with E-state index in [1.54, 1.807) is 12.4 Å². The zero-order valence-electron chi connectivity index (χ0n) is 8.68. The Hall–Kier alpha value is -1.36. The van der Waals surface area contributed by atoms with Crippen molar-refractivity contribution in [3.63, 3.8) is 0 Å². The molecule has 0 aromatic carbocycles. The minimum atomic E-state index is -0.204. The van der Waals surface area contributed by atoms with Gasteiger partial charge in [0.05, 0.1) is 11.0 Å². The van der Waals surface area contributed by atoms with Crippen molar-refractivity contribution in [2.45, 2.75) is 18.2 Å². The Labute approximate surface area is 97.8 Å². The molecule has 1 aromatic heterocycles. The smallest absolute Gasteiger partial charge is 0.233 e. The van der Waals surface area contributed by atoms with Crippen LogP contribution in [0.5, 0.6) is 0 Å². The highest BCUT2D eigenvalue weighted by Crippen LogP contribution is 2.23. The highest BCUT2D eigenvalue weighted by molar-refractivity contribution is 8.01. The second kappa shape index (κ2) is 5.12. The van der Waals surface area contributed by atoms with Gasteiger partial charge in [-0.1, -0.05) is 6.07 Å². The Bertz CT molecular complexity index is 394. The van der Waals surface area contributed by atoms with Gasteiger partial charge in [-0.2, -0.15) is 0 Å². The van der Waals surface area contributed by atoms with E-state index in [4.69, 9.17) is 0 Å². The lowest BCUT2D eigenvalue weighted by Crippen LogP contribution is -2.31. The monoisotopic (exact) mass is 236 g/mol. The van der Waals surface area contributed by atoms with E-state index in [1.807, 2.05) is 12.1 Å². The van der Waals surface area contributed by atoms with Gasteiger partial charge in [-0.25, -0.2) is 0 Å². The number of amides is 1. The summed E-state index contributed by atoms with van der Waals surface area (Å²) in [6, 6.07) is 3.73. The molecule has 0 aliphatic carbocycles. The average molecular weight is 236 g/mol. The summed E-state index contributed by atoms with van der Waals surface area (Å²) in [5, 5.41) is 2.60. The van der Waals surface area contributed by atoms with Crippen LogP contribution in [0.15, 0.2) is 24.5 Å². The quantitative estimate of drug-likeness (QED) is 0.842. The first-order chi connectivity index (χ1) is 7.75. The lowest BCUT2D eigenvalue weighted by Gasteiger charge is -2.08. The average Bonchev–Trinajstić information content (AvgIpc) is 2.74. The van der Waals surface area contributed by atoms with Gasteiger partial charge in [-0.3, -0.25) is 14.6 Å². The van der Waals surface area contributed by atoms with Gasteiger partial charge >= 0.3 is 0 Å². The van der Waals surface area contributed by atoms with Gasteiger partial charge in [0.1, 0.15) is 5.78 Å². The fourth-order valence-electron chi connectivity index (χ4n) is 1.49. The molecule has 1 N–H and O–H groups in total. The van der Waals surface area contributed by atoms with Crippen molar-refractivity contribution in [2.24, 2.45) is 0 Å². The Morgan fingerprint density at radius 2 is 2.50 bits per heavy atom. The number of nitrogens with one attached hydrogen (secondary N) is 1. The number of aromatic nitrogens is 1. The predicted octanol–water partition coefficient (Wildman–Crippen LogP) is 0.772. The van der Waals surface area contributed by atoms with Crippen LogP contribution in [0, 0.1) is 0 Å². The van der Waals surface area contributed by atoms with Crippen LogP contribution in [0.1, 0.15) is 12.0 Å². The van der Waals surface area contributed by atoms with Crippen molar-refractivity contribution in [2.75, 3.05) is 5.75 Å². The Balaban J connectivity index is 1.82. The van der Waals surface area contributed by atoms with E-state index in [0.29, 0.717) is 18.7 Å². The highest BCUT2D eigenvalue weighted by Gasteiger charge is 2.28. The Kier molecular flexibility index (Phi) is 3.56. The fourth-order valence-corrected chi connectivity index (χ4v) is 2.54. The van der Waals surface area contributed by atoms with Crippen LogP contribution in [0.2, 0.25) is 0 Å².